The Bertz CT molecular complexity index is 1060. The van der Waals surface area contributed by atoms with Gasteiger partial charge in [-0.2, -0.15) is 0 Å². The number of aromatic nitrogens is 4. The Balaban J connectivity index is 1.53. The van der Waals surface area contributed by atoms with E-state index in [1.807, 2.05) is 68.4 Å². The number of fused-ring (bicyclic) bond motifs is 1. The van der Waals surface area contributed by atoms with Gasteiger partial charge in [0.1, 0.15) is 12.1 Å². The number of para-hydroxylation sites is 2. The molecule has 0 aliphatic rings. The first kappa shape index (κ1) is 16.0. The van der Waals surface area contributed by atoms with Crippen LogP contribution in [0, 0.1) is 13.8 Å². The molecule has 0 aliphatic heterocycles. The van der Waals surface area contributed by atoms with Crippen LogP contribution >= 0.6 is 0 Å². The maximum absolute atomic E-state index is 4.66. The summed E-state index contributed by atoms with van der Waals surface area (Å²) in [5.74, 6) is 1.53. The second-order valence-corrected chi connectivity index (χ2v) is 6.02. The molecule has 2 aromatic heterocycles. The van der Waals surface area contributed by atoms with E-state index in [9.17, 15) is 0 Å². The number of hydrogen-bond acceptors (Lipinski definition) is 6. The lowest BCUT2D eigenvalue weighted by Crippen LogP contribution is -2.00. The number of anilines is 4. The third kappa shape index (κ3) is 3.44. The summed E-state index contributed by atoms with van der Waals surface area (Å²) in [5.41, 5.74) is 5.46. The molecule has 2 N–H and O–H groups in total. The van der Waals surface area contributed by atoms with Crippen LogP contribution in [-0.4, -0.2) is 19.9 Å². The van der Waals surface area contributed by atoms with Crippen LogP contribution in [0.5, 0.6) is 0 Å². The zero-order valence-corrected chi connectivity index (χ0v) is 14.6. The highest BCUT2D eigenvalue weighted by molar-refractivity contribution is 5.77. The molecule has 0 spiro atoms. The largest absolute Gasteiger partial charge is 0.340 e. The van der Waals surface area contributed by atoms with Crippen LogP contribution in [0.25, 0.3) is 11.0 Å². The SMILES string of the molecule is Cc1cc(Nc2ccc(Nc3nc4ccccc4nc3C)cc2)ncn1. The molecule has 0 saturated heterocycles. The van der Waals surface area contributed by atoms with Gasteiger partial charge < -0.3 is 10.6 Å². The average molecular weight is 342 g/mol. The molecule has 0 saturated carbocycles. The Morgan fingerprint density at radius 2 is 1.38 bits per heavy atom. The lowest BCUT2D eigenvalue weighted by Gasteiger charge is -2.11. The summed E-state index contributed by atoms with van der Waals surface area (Å²) in [6, 6.07) is 17.7. The predicted octanol–water partition coefficient (Wildman–Crippen LogP) is 4.52. The fourth-order valence-corrected chi connectivity index (χ4v) is 2.65. The molecule has 0 radical (unpaired) electrons. The summed E-state index contributed by atoms with van der Waals surface area (Å²) in [7, 11) is 0. The van der Waals surface area contributed by atoms with Crippen LogP contribution in [0.3, 0.4) is 0 Å². The normalized spacial score (nSPS) is 10.7. The minimum absolute atomic E-state index is 0.760. The lowest BCUT2D eigenvalue weighted by molar-refractivity contribution is 1.10. The van der Waals surface area contributed by atoms with E-state index in [1.54, 1.807) is 6.33 Å². The topological polar surface area (TPSA) is 75.6 Å². The van der Waals surface area contributed by atoms with E-state index < -0.39 is 0 Å². The highest BCUT2D eigenvalue weighted by Gasteiger charge is 2.05. The standard InChI is InChI=1S/C20H18N6/c1-13-11-19(22-12-21-13)24-15-7-9-16(10-8-15)25-20-14(2)23-17-5-3-4-6-18(17)26-20/h3-12H,1-2H3,(H,25,26)(H,21,22,24). The van der Waals surface area contributed by atoms with E-state index in [0.717, 1.165) is 45.4 Å². The average Bonchev–Trinajstić information content (AvgIpc) is 2.64. The summed E-state index contributed by atoms with van der Waals surface area (Å²) in [5, 5.41) is 6.60. The van der Waals surface area contributed by atoms with Crippen LogP contribution in [0.15, 0.2) is 60.9 Å². The van der Waals surface area contributed by atoms with Crippen molar-refractivity contribution in [2.45, 2.75) is 13.8 Å². The second kappa shape index (κ2) is 6.76. The first-order valence-electron chi connectivity index (χ1n) is 8.33. The van der Waals surface area contributed by atoms with Gasteiger partial charge in [-0.3, -0.25) is 0 Å². The van der Waals surface area contributed by atoms with Crippen molar-refractivity contribution in [3.05, 3.63) is 72.3 Å². The molecule has 6 heteroatoms. The summed E-state index contributed by atoms with van der Waals surface area (Å²) in [4.78, 5) is 17.6. The highest BCUT2D eigenvalue weighted by Crippen LogP contribution is 2.23. The van der Waals surface area contributed by atoms with Crippen LogP contribution in [0.1, 0.15) is 11.4 Å². The van der Waals surface area contributed by atoms with Crippen molar-refractivity contribution in [2.75, 3.05) is 10.6 Å². The third-order valence-corrected chi connectivity index (χ3v) is 3.97. The fraction of sp³-hybridized carbons (Fsp3) is 0.100. The summed E-state index contributed by atoms with van der Waals surface area (Å²) < 4.78 is 0. The second-order valence-electron chi connectivity index (χ2n) is 6.02. The molecule has 4 rings (SSSR count). The molecule has 0 unspecified atom stereocenters. The molecule has 0 bridgehead atoms. The van der Waals surface area contributed by atoms with E-state index in [-0.39, 0.29) is 0 Å². The predicted molar refractivity (Wildman–Crippen MR) is 104 cm³/mol. The maximum atomic E-state index is 4.66. The first-order valence-corrected chi connectivity index (χ1v) is 8.33. The van der Waals surface area contributed by atoms with Crippen LogP contribution < -0.4 is 10.6 Å². The van der Waals surface area contributed by atoms with E-state index in [4.69, 9.17) is 0 Å². The molecule has 0 amide bonds. The van der Waals surface area contributed by atoms with Crippen LogP contribution in [0.2, 0.25) is 0 Å². The number of benzene rings is 2. The van der Waals surface area contributed by atoms with Crippen molar-refractivity contribution in [3.63, 3.8) is 0 Å². The first-order chi connectivity index (χ1) is 12.7. The van der Waals surface area contributed by atoms with Gasteiger partial charge in [-0.05, 0) is 50.2 Å². The van der Waals surface area contributed by atoms with Gasteiger partial charge in [0.2, 0.25) is 0 Å². The molecule has 4 aromatic rings. The van der Waals surface area contributed by atoms with Crippen LogP contribution in [-0.2, 0) is 0 Å². The number of rotatable bonds is 4. The molecule has 0 aliphatic carbocycles. The summed E-state index contributed by atoms with van der Waals surface area (Å²) >= 11 is 0. The van der Waals surface area contributed by atoms with Gasteiger partial charge >= 0.3 is 0 Å². The Labute approximate surface area is 151 Å². The molecule has 6 nitrogen and oxygen atoms in total. The van der Waals surface area contributed by atoms with Gasteiger partial charge in [0.15, 0.2) is 5.82 Å². The van der Waals surface area contributed by atoms with E-state index in [1.165, 1.54) is 0 Å². The molecule has 128 valence electrons. The Hall–Kier alpha value is -3.54. The van der Waals surface area contributed by atoms with Crippen molar-refractivity contribution >= 4 is 34.0 Å². The van der Waals surface area contributed by atoms with Gasteiger partial charge in [0, 0.05) is 23.1 Å². The molecule has 2 aromatic carbocycles. The van der Waals surface area contributed by atoms with Crippen molar-refractivity contribution in [1.29, 1.82) is 0 Å². The Morgan fingerprint density at radius 1 is 0.731 bits per heavy atom. The lowest BCUT2D eigenvalue weighted by atomic mass is 10.2. The van der Waals surface area contributed by atoms with E-state index >= 15 is 0 Å². The van der Waals surface area contributed by atoms with Crippen molar-refractivity contribution < 1.29 is 0 Å². The van der Waals surface area contributed by atoms with E-state index in [0.29, 0.717) is 0 Å². The number of nitrogens with one attached hydrogen (secondary N) is 2. The highest BCUT2D eigenvalue weighted by atomic mass is 15.0. The summed E-state index contributed by atoms with van der Waals surface area (Å²) in [6.45, 7) is 3.89. The number of aryl methyl sites for hydroxylation is 2. The quantitative estimate of drug-likeness (QED) is 0.568. The van der Waals surface area contributed by atoms with Gasteiger partial charge in [0.25, 0.3) is 0 Å². The van der Waals surface area contributed by atoms with Gasteiger partial charge in [-0.25, -0.2) is 19.9 Å². The van der Waals surface area contributed by atoms with Crippen molar-refractivity contribution in [1.82, 2.24) is 19.9 Å². The maximum Gasteiger partial charge on any atom is 0.152 e. The Kier molecular flexibility index (Phi) is 4.15. The smallest absolute Gasteiger partial charge is 0.152 e. The molecule has 26 heavy (non-hydrogen) atoms. The van der Waals surface area contributed by atoms with Gasteiger partial charge in [-0.1, -0.05) is 12.1 Å². The van der Waals surface area contributed by atoms with Gasteiger partial charge in [-0.15, -0.1) is 0 Å². The number of nitrogens with zero attached hydrogens (tertiary/aromatic N) is 4. The van der Waals surface area contributed by atoms with Crippen molar-refractivity contribution in [3.8, 4) is 0 Å². The minimum atomic E-state index is 0.760. The molecule has 0 atom stereocenters. The van der Waals surface area contributed by atoms with Crippen molar-refractivity contribution in [2.24, 2.45) is 0 Å². The van der Waals surface area contributed by atoms with Gasteiger partial charge in [0.05, 0.1) is 16.7 Å². The van der Waals surface area contributed by atoms with E-state index in [2.05, 4.69) is 30.6 Å². The zero-order chi connectivity index (χ0) is 17.9. The Morgan fingerprint density at radius 3 is 2.08 bits per heavy atom. The molecule has 2 heterocycles. The fourth-order valence-electron chi connectivity index (χ4n) is 2.65. The molecular weight excluding hydrogens is 324 g/mol. The molecular formula is C20H18N6. The van der Waals surface area contributed by atoms with Crippen LogP contribution in [0.4, 0.5) is 23.0 Å². The molecule has 0 fully saturated rings. The third-order valence-electron chi connectivity index (χ3n) is 3.97. The minimum Gasteiger partial charge on any atom is -0.340 e. The summed E-state index contributed by atoms with van der Waals surface area (Å²) in [6.07, 6.45) is 1.55. The monoisotopic (exact) mass is 342 g/mol. The number of hydrogen-bond donors (Lipinski definition) is 2. The zero-order valence-electron chi connectivity index (χ0n) is 14.6.